The Bertz CT molecular complexity index is 81.1. The van der Waals surface area contributed by atoms with Gasteiger partial charge >= 0.3 is 0 Å². The third-order valence-electron chi connectivity index (χ3n) is 2.29. The molecule has 0 aliphatic rings. The van der Waals surface area contributed by atoms with E-state index in [9.17, 15) is 0 Å². The van der Waals surface area contributed by atoms with E-state index in [4.69, 9.17) is 4.74 Å². The second-order valence-corrected chi connectivity index (χ2v) is 3.46. The topological polar surface area (TPSA) is 9.23 Å². The van der Waals surface area contributed by atoms with Gasteiger partial charge < -0.3 is 4.74 Å². The second-order valence-electron chi connectivity index (χ2n) is 3.46. The number of ether oxygens (including phenoxy) is 1. The van der Waals surface area contributed by atoms with Crippen LogP contribution in [0.2, 0.25) is 0 Å². The monoisotopic (exact) mass is 172 g/mol. The lowest BCUT2D eigenvalue weighted by Crippen LogP contribution is -2.04. The van der Waals surface area contributed by atoms with E-state index in [0.717, 1.165) is 25.6 Å². The average Bonchev–Trinajstić information content (AvgIpc) is 2.10. The highest BCUT2D eigenvalue weighted by atomic mass is 16.5. The molecule has 0 aromatic rings. The summed E-state index contributed by atoms with van der Waals surface area (Å²) in [6, 6.07) is 0. The van der Waals surface area contributed by atoms with Crippen LogP contribution in [-0.4, -0.2) is 13.2 Å². The fraction of sp³-hybridized carbons (Fsp3) is 1.00. The highest BCUT2D eigenvalue weighted by Gasteiger charge is 2.03. The maximum atomic E-state index is 5.46. The average molecular weight is 172 g/mol. The third-order valence-corrected chi connectivity index (χ3v) is 2.29. The van der Waals surface area contributed by atoms with E-state index >= 15 is 0 Å². The highest BCUT2D eigenvalue weighted by Crippen LogP contribution is 2.14. The van der Waals surface area contributed by atoms with Crippen LogP contribution in [0.1, 0.15) is 52.9 Å². The van der Waals surface area contributed by atoms with Crippen LogP contribution in [0.3, 0.4) is 0 Å². The van der Waals surface area contributed by atoms with Gasteiger partial charge in [-0.3, -0.25) is 0 Å². The minimum atomic E-state index is 0.895. The van der Waals surface area contributed by atoms with Crippen molar-refractivity contribution in [1.82, 2.24) is 0 Å². The lowest BCUT2D eigenvalue weighted by Gasteiger charge is -2.13. The molecule has 0 aromatic heterocycles. The van der Waals surface area contributed by atoms with Crippen molar-refractivity contribution in [1.29, 1.82) is 0 Å². The summed E-state index contributed by atoms with van der Waals surface area (Å²) < 4.78 is 5.46. The highest BCUT2D eigenvalue weighted by molar-refractivity contribution is 4.55. The Labute approximate surface area is 77.5 Å². The van der Waals surface area contributed by atoms with Gasteiger partial charge in [0.05, 0.1) is 0 Å². The zero-order chi connectivity index (χ0) is 9.23. The summed E-state index contributed by atoms with van der Waals surface area (Å²) in [6.45, 7) is 8.59. The van der Waals surface area contributed by atoms with Gasteiger partial charge in [-0.2, -0.15) is 0 Å². The summed E-state index contributed by atoms with van der Waals surface area (Å²) in [4.78, 5) is 0. The molecule has 0 aromatic carbocycles. The van der Waals surface area contributed by atoms with Gasteiger partial charge in [-0.1, -0.05) is 40.0 Å². The van der Waals surface area contributed by atoms with Crippen molar-refractivity contribution < 1.29 is 4.74 Å². The first-order valence-corrected chi connectivity index (χ1v) is 5.42. The summed E-state index contributed by atoms with van der Waals surface area (Å²) in [5.74, 6) is 0.895. The van der Waals surface area contributed by atoms with Crippen molar-refractivity contribution in [2.75, 3.05) is 13.2 Å². The summed E-state index contributed by atoms with van der Waals surface area (Å²) >= 11 is 0. The Balaban J connectivity index is 3.19. The van der Waals surface area contributed by atoms with E-state index < -0.39 is 0 Å². The molecule has 12 heavy (non-hydrogen) atoms. The maximum Gasteiger partial charge on any atom is 0.0468 e. The molecular formula is C11H24O. The van der Waals surface area contributed by atoms with Crippen LogP contribution in [0, 0.1) is 5.92 Å². The van der Waals surface area contributed by atoms with Crippen molar-refractivity contribution in [2.24, 2.45) is 5.92 Å². The number of rotatable bonds is 8. The van der Waals surface area contributed by atoms with Gasteiger partial charge in [-0.15, -0.1) is 0 Å². The Morgan fingerprint density at radius 1 is 0.917 bits per heavy atom. The van der Waals surface area contributed by atoms with Crippen LogP contribution in [0.15, 0.2) is 0 Å². The second kappa shape index (κ2) is 9.05. The molecule has 0 saturated carbocycles. The lowest BCUT2D eigenvalue weighted by molar-refractivity contribution is 0.118. The standard InChI is InChI=1S/C11H24O/c1-4-7-11(6-3)8-10-12-9-5-2/h11H,4-10H2,1-3H3. The molecule has 0 radical (unpaired) electrons. The Morgan fingerprint density at radius 2 is 1.67 bits per heavy atom. The van der Waals surface area contributed by atoms with E-state index in [0.29, 0.717) is 0 Å². The molecule has 1 unspecified atom stereocenters. The first-order chi connectivity index (χ1) is 5.85. The number of hydrogen-bond donors (Lipinski definition) is 0. The van der Waals surface area contributed by atoms with Gasteiger partial charge in [-0.25, -0.2) is 0 Å². The van der Waals surface area contributed by atoms with E-state index in [1.54, 1.807) is 0 Å². The van der Waals surface area contributed by atoms with Crippen molar-refractivity contribution in [3.63, 3.8) is 0 Å². The van der Waals surface area contributed by atoms with Crippen LogP contribution >= 0.6 is 0 Å². The molecule has 0 rings (SSSR count). The summed E-state index contributed by atoms with van der Waals surface area (Å²) in [7, 11) is 0. The molecule has 0 bridgehead atoms. The zero-order valence-corrected chi connectivity index (χ0v) is 8.94. The predicted octanol–water partition coefficient (Wildman–Crippen LogP) is 3.63. The predicted molar refractivity (Wildman–Crippen MR) is 54.4 cm³/mol. The molecule has 0 saturated heterocycles. The van der Waals surface area contributed by atoms with Gasteiger partial charge in [0.15, 0.2) is 0 Å². The first-order valence-electron chi connectivity index (χ1n) is 5.42. The maximum absolute atomic E-state index is 5.46. The molecule has 0 heterocycles. The smallest absolute Gasteiger partial charge is 0.0468 e. The molecule has 0 aliphatic heterocycles. The van der Waals surface area contributed by atoms with E-state index in [-0.39, 0.29) is 0 Å². The Kier molecular flexibility index (Phi) is 9.02. The number of hydrogen-bond acceptors (Lipinski definition) is 1. The normalized spacial score (nSPS) is 13.2. The van der Waals surface area contributed by atoms with Crippen molar-refractivity contribution in [3.05, 3.63) is 0 Å². The molecular weight excluding hydrogens is 148 g/mol. The van der Waals surface area contributed by atoms with Gasteiger partial charge in [0.25, 0.3) is 0 Å². The van der Waals surface area contributed by atoms with Crippen molar-refractivity contribution in [2.45, 2.75) is 52.9 Å². The molecule has 0 amide bonds. The van der Waals surface area contributed by atoms with E-state index in [1.165, 1.54) is 25.7 Å². The van der Waals surface area contributed by atoms with Gasteiger partial charge in [0.1, 0.15) is 0 Å². The minimum Gasteiger partial charge on any atom is -0.381 e. The summed E-state index contributed by atoms with van der Waals surface area (Å²) in [5, 5.41) is 0. The molecule has 0 aliphatic carbocycles. The molecule has 74 valence electrons. The fourth-order valence-electron chi connectivity index (χ4n) is 1.46. The van der Waals surface area contributed by atoms with Crippen LogP contribution in [0.25, 0.3) is 0 Å². The zero-order valence-electron chi connectivity index (χ0n) is 8.94. The molecule has 0 fully saturated rings. The molecule has 0 N–H and O–H groups in total. The van der Waals surface area contributed by atoms with Crippen molar-refractivity contribution in [3.8, 4) is 0 Å². The summed E-state index contributed by atoms with van der Waals surface area (Å²) in [6.07, 6.45) is 6.39. The molecule has 0 spiro atoms. The van der Waals surface area contributed by atoms with Crippen LogP contribution in [-0.2, 0) is 4.74 Å². The summed E-state index contributed by atoms with van der Waals surface area (Å²) in [5.41, 5.74) is 0. The molecule has 1 atom stereocenters. The van der Waals surface area contributed by atoms with Gasteiger partial charge in [0.2, 0.25) is 0 Å². The minimum absolute atomic E-state index is 0.895. The van der Waals surface area contributed by atoms with Crippen LogP contribution < -0.4 is 0 Å². The SMILES string of the molecule is CCCOCCC(CC)CCC. The third kappa shape index (κ3) is 6.66. The fourth-order valence-corrected chi connectivity index (χ4v) is 1.46. The van der Waals surface area contributed by atoms with Gasteiger partial charge in [-0.05, 0) is 18.8 Å². The van der Waals surface area contributed by atoms with Crippen LogP contribution in [0.4, 0.5) is 0 Å². The molecule has 1 nitrogen and oxygen atoms in total. The quantitative estimate of drug-likeness (QED) is 0.508. The Morgan fingerprint density at radius 3 is 2.17 bits per heavy atom. The lowest BCUT2D eigenvalue weighted by atomic mass is 9.98. The van der Waals surface area contributed by atoms with Crippen LogP contribution in [0.5, 0.6) is 0 Å². The van der Waals surface area contributed by atoms with Gasteiger partial charge in [0, 0.05) is 13.2 Å². The van der Waals surface area contributed by atoms with Crippen molar-refractivity contribution >= 4 is 0 Å². The largest absolute Gasteiger partial charge is 0.381 e. The Hall–Kier alpha value is -0.0400. The molecule has 1 heteroatoms. The van der Waals surface area contributed by atoms with E-state index in [1.807, 2.05) is 0 Å². The van der Waals surface area contributed by atoms with E-state index in [2.05, 4.69) is 20.8 Å². The first kappa shape index (κ1) is 12.0.